The van der Waals surface area contributed by atoms with E-state index in [1.54, 1.807) is 7.11 Å². The number of hydrogen-bond acceptors (Lipinski definition) is 4. The van der Waals surface area contributed by atoms with Crippen LogP contribution in [0.25, 0.3) is 0 Å². The summed E-state index contributed by atoms with van der Waals surface area (Å²) >= 11 is 0. The standard InChI is InChI=1S/C16H25N3O2/c1-15(2)9-19(10-16(3,4)21-15)13-8-11(20-5)6-7-12(13)14(17)18/h6-8H,9-10H2,1-5H3,(H3,17,18). The fraction of sp³-hybridized carbons (Fsp3) is 0.562. The highest BCUT2D eigenvalue weighted by Gasteiger charge is 2.38. The smallest absolute Gasteiger partial charge is 0.124 e. The van der Waals surface area contributed by atoms with E-state index in [0.29, 0.717) is 0 Å². The van der Waals surface area contributed by atoms with Gasteiger partial charge in [-0.3, -0.25) is 5.41 Å². The molecule has 0 saturated carbocycles. The normalized spacial score (nSPS) is 20.1. The number of nitrogens with two attached hydrogens (primary N) is 1. The van der Waals surface area contributed by atoms with Crippen LogP contribution >= 0.6 is 0 Å². The number of ether oxygens (including phenoxy) is 2. The molecule has 21 heavy (non-hydrogen) atoms. The molecule has 1 aromatic carbocycles. The molecule has 0 aromatic heterocycles. The second-order valence-electron chi connectivity index (χ2n) is 6.77. The van der Waals surface area contributed by atoms with Gasteiger partial charge in [0, 0.05) is 24.7 Å². The highest BCUT2D eigenvalue weighted by molar-refractivity contribution is 6.00. The van der Waals surface area contributed by atoms with Crippen LogP contribution < -0.4 is 15.4 Å². The molecule has 1 aliphatic rings. The van der Waals surface area contributed by atoms with Gasteiger partial charge in [-0.05, 0) is 39.8 Å². The molecular formula is C16H25N3O2. The van der Waals surface area contributed by atoms with Gasteiger partial charge in [-0.2, -0.15) is 0 Å². The van der Waals surface area contributed by atoms with Crippen LogP contribution in [0.15, 0.2) is 18.2 Å². The predicted octanol–water partition coefficient (Wildman–Crippen LogP) is 2.37. The summed E-state index contributed by atoms with van der Waals surface area (Å²) in [4.78, 5) is 2.22. The van der Waals surface area contributed by atoms with Crippen LogP contribution in [0.5, 0.6) is 5.75 Å². The van der Waals surface area contributed by atoms with Gasteiger partial charge in [-0.25, -0.2) is 0 Å². The molecule has 1 saturated heterocycles. The van der Waals surface area contributed by atoms with Crippen LogP contribution in [0.3, 0.4) is 0 Å². The number of hydrogen-bond donors (Lipinski definition) is 2. The van der Waals surface area contributed by atoms with Gasteiger partial charge in [0.25, 0.3) is 0 Å². The van der Waals surface area contributed by atoms with Gasteiger partial charge < -0.3 is 20.1 Å². The van der Waals surface area contributed by atoms with Gasteiger partial charge in [-0.1, -0.05) is 0 Å². The Morgan fingerprint density at radius 3 is 2.29 bits per heavy atom. The fourth-order valence-electron chi connectivity index (χ4n) is 3.09. The van der Waals surface area contributed by atoms with Gasteiger partial charge in [0.2, 0.25) is 0 Å². The Bertz CT molecular complexity index is 536. The number of morpholine rings is 1. The van der Waals surface area contributed by atoms with E-state index in [0.717, 1.165) is 30.1 Å². The average Bonchev–Trinajstić information content (AvgIpc) is 2.34. The van der Waals surface area contributed by atoms with Gasteiger partial charge in [0.1, 0.15) is 11.6 Å². The van der Waals surface area contributed by atoms with Crippen LogP contribution in [-0.2, 0) is 4.74 Å². The molecule has 3 N–H and O–H groups in total. The molecule has 0 aliphatic carbocycles. The molecule has 0 unspecified atom stereocenters. The number of methoxy groups -OCH3 is 1. The van der Waals surface area contributed by atoms with E-state index >= 15 is 0 Å². The van der Waals surface area contributed by atoms with E-state index in [-0.39, 0.29) is 17.0 Å². The molecule has 116 valence electrons. The van der Waals surface area contributed by atoms with Crippen molar-refractivity contribution >= 4 is 11.5 Å². The van der Waals surface area contributed by atoms with E-state index in [1.807, 2.05) is 18.2 Å². The van der Waals surface area contributed by atoms with Crippen LogP contribution in [0.4, 0.5) is 5.69 Å². The second-order valence-corrected chi connectivity index (χ2v) is 6.77. The van der Waals surface area contributed by atoms with E-state index in [9.17, 15) is 0 Å². The molecule has 1 aromatic rings. The Morgan fingerprint density at radius 2 is 1.81 bits per heavy atom. The number of amidine groups is 1. The van der Waals surface area contributed by atoms with E-state index < -0.39 is 0 Å². The summed E-state index contributed by atoms with van der Waals surface area (Å²) in [5.74, 6) is 0.826. The minimum absolute atomic E-state index is 0.0646. The van der Waals surface area contributed by atoms with Crippen molar-refractivity contribution in [3.8, 4) is 5.75 Å². The van der Waals surface area contributed by atoms with Gasteiger partial charge in [0.05, 0.1) is 24.0 Å². The zero-order chi connectivity index (χ0) is 15.8. The number of rotatable bonds is 3. The van der Waals surface area contributed by atoms with Crippen molar-refractivity contribution in [1.29, 1.82) is 5.41 Å². The van der Waals surface area contributed by atoms with Crippen molar-refractivity contribution in [1.82, 2.24) is 0 Å². The molecule has 0 atom stereocenters. The van der Waals surface area contributed by atoms with E-state index in [2.05, 4.69) is 32.6 Å². The highest BCUT2D eigenvalue weighted by Crippen LogP contribution is 2.34. The zero-order valence-corrected chi connectivity index (χ0v) is 13.5. The first-order valence-corrected chi connectivity index (χ1v) is 7.11. The molecule has 1 aliphatic heterocycles. The summed E-state index contributed by atoms with van der Waals surface area (Å²) in [6.07, 6.45) is 0. The minimum Gasteiger partial charge on any atom is -0.497 e. The first kappa shape index (κ1) is 15.6. The van der Waals surface area contributed by atoms with Gasteiger partial charge >= 0.3 is 0 Å². The van der Waals surface area contributed by atoms with Crippen molar-refractivity contribution < 1.29 is 9.47 Å². The Hall–Kier alpha value is -1.75. The molecule has 1 fully saturated rings. The summed E-state index contributed by atoms with van der Waals surface area (Å²) in [5, 5.41) is 7.80. The van der Waals surface area contributed by atoms with Gasteiger partial charge in [0.15, 0.2) is 0 Å². The molecular weight excluding hydrogens is 266 g/mol. The maximum Gasteiger partial charge on any atom is 0.124 e. The molecule has 1 heterocycles. The minimum atomic E-state index is -0.265. The summed E-state index contributed by atoms with van der Waals surface area (Å²) in [6.45, 7) is 9.79. The maximum atomic E-state index is 7.80. The summed E-state index contributed by atoms with van der Waals surface area (Å²) < 4.78 is 11.4. The lowest BCUT2D eigenvalue weighted by Crippen LogP contribution is -2.57. The SMILES string of the molecule is COc1ccc(C(=N)N)c(N2CC(C)(C)OC(C)(C)C2)c1. The largest absolute Gasteiger partial charge is 0.497 e. The molecule has 0 bridgehead atoms. The van der Waals surface area contributed by atoms with Crippen molar-refractivity contribution in [3.63, 3.8) is 0 Å². The lowest BCUT2D eigenvalue weighted by atomic mass is 9.97. The van der Waals surface area contributed by atoms with Crippen LogP contribution in [0.2, 0.25) is 0 Å². The van der Waals surface area contributed by atoms with Crippen molar-refractivity contribution in [2.24, 2.45) is 5.73 Å². The molecule has 0 radical (unpaired) electrons. The number of nitrogens with one attached hydrogen (secondary N) is 1. The number of nitrogen functional groups attached to an aromatic ring is 1. The van der Waals surface area contributed by atoms with Crippen molar-refractivity contribution in [2.45, 2.75) is 38.9 Å². The Balaban J connectivity index is 2.46. The summed E-state index contributed by atoms with van der Waals surface area (Å²) in [7, 11) is 1.64. The third-order valence-electron chi connectivity index (χ3n) is 3.53. The maximum absolute atomic E-state index is 7.80. The van der Waals surface area contributed by atoms with Crippen molar-refractivity contribution in [2.75, 3.05) is 25.1 Å². The molecule has 5 heteroatoms. The quantitative estimate of drug-likeness (QED) is 0.662. The second kappa shape index (κ2) is 5.22. The van der Waals surface area contributed by atoms with Crippen LogP contribution in [0.1, 0.15) is 33.3 Å². The predicted molar refractivity (Wildman–Crippen MR) is 85.5 cm³/mol. The number of nitrogens with zero attached hydrogens (tertiary/aromatic N) is 1. The molecule has 0 amide bonds. The Kier molecular flexibility index (Phi) is 3.89. The van der Waals surface area contributed by atoms with E-state index in [4.69, 9.17) is 20.6 Å². The highest BCUT2D eigenvalue weighted by atomic mass is 16.5. The lowest BCUT2D eigenvalue weighted by Gasteiger charge is -2.48. The Labute approximate surface area is 126 Å². The van der Waals surface area contributed by atoms with E-state index in [1.165, 1.54) is 0 Å². The third-order valence-corrected chi connectivity index (χ3v) is 3.53. The lowest BCUT2D eigenvalue weighted by molar-refractivity contribution is -0.133. The monoisotopic (exact) mass is 291 g/mol. The first-order valence-electron chi connectivity index (χ1n) is 7.11. The third kappa shape index (κ3) is 3.47. The summed E-state index contributed by atoms with van der Waals surface area (Å²) in [5.41, 5.74) is 6.85. The average molecular weight is 291 g/mol. The number of benzene rings is 1. The van der Waals surface area contributed by atoms with Crippen molar-refractivity contribution in [3.05, 3.63) is 23.8 Å². The van der Waals surface area contributed by atoms with Gasteiger partial charge in [-0.15, -0.1) is 0 Å². The summed E-state index contributed by atoms with van der Waals surface area (Å²) in [6, 6.07) is 5.61. The topological polar surface area (TPSA) is 71.6 Å². The molecule has 0 spiro atoms. The fourth-order valence-corrected chi connectivity index (χ4v) is 3.09. The molecule has 2 rings (SSSR count). The Morgan fingerprint density at radius 1 is 1.24 bits per heavy atom. The zero-order valence-electron chi connectivity index (χ0n) is 13.5. The first-order chi connectivity index (χ1) is 9.63. The van der Waals surface area contributed by atoms with Crippen LogP contribution in [-0.4, -0.2) is 37.2 Å². The van der Waals surface area contributed by atoms with Crippen LogP contribution in [0, 0.1) is 5.41 Å². The number of anilines is 1. The molecule has 5 nitrogen and oxygen atoms in total.